The number of nitrogens with zero attached hydrogens (tertiary/aromatic N) is 2. The van der Waals surface area contributed by atoms with Crippen LogP contribution in [0.5, 0.6) is 0 Å². The van der Waals surface area contributed by atoms with Crippen LogP contribution < -0.4 is 5.56 Å². The Labute approximate surface area is 119 Å². The first-order chi connectivity index (χ1) is 9.08. The molecule has 0 saturated heterocycles. The molecule has 0 atom stereocenters. The molecule has 0 aliphatic heterocycles. The molecular formula is C11H13N2O3PS2. The van der Waals surface area contributed by atoms with Gasteiger partial charge in [-0.1, -0.05) is 17.4 Å². The molecule has 0 aliphatic rings. The van der Waals surface area contributed by atoms with Crippen LogP contribution in [-0.2, 0) is 26.6 Å². The van der Waals surface area contributed by atoms with Gasteiger partial charge in [0.15, 0.2) is 0 Å². The van der Waals surface area contributed by atoms with Crippen molar-refractivity contribution >= 4 is 34.5 Å². The second-order valence-electron chi connectivity index (χ2n) is 3.60. The van der Waals surface area contributed by atoms with Gasteiger partial charge in [0.25, 0.3) is 5.56 Å². The maximum Gasteiger partial charge on any atom is 0.258 e. The van der Waals surface area contributed by atoms with Crippen molar-refractivity contribution in [2.75, 3.05) is 14.2 Å². The third-order valence-electron chi connectivity index (χ3n) is 2.44. The predicted octanol–water partition coefficient (Wildman–Crippen LogP) is 2.45. The number of aromatic nitrogens is 2. The minimum absolute atomic E-state index is 0.107. The van der Waals surface area contributed by atoms with Gasteiger partial charge >= 0.3 is 0 Å². The Morgan fingerprint density at radius 3 is 2.84 bits per heavy atom. The average Bonchev–Trinajstić information content (AvgIpc) is 2.45. The number of hydrogen-bond donors (Lipinski definition) is 0. The van der Waals surface area contributed by atoms with Gasteiger partial charge in [-0.2, -0.15) is 0 Å². The lowest BCUT2D eigenvalue weighted by molar-refractivity contribution is 0.354. The fourth-order valence-electron chi connectivity index (χ4n) is 1.50. The normalized spacial score (nSPS) is 11.9. The van der Waals surface area contributed by atoms with Gasteiger partial charge in [-0.05, 0) is 23.9 Å². The van der Waals surface area contributed by atoms with Gasteiger partial charge < -0.3 is 9.05 Å². The Balaban J connectivity index is 2.27. The SMILES string of the molecule is COP(=S)(OC)SCc1cc(=O)n2ccccc2n1. The van der Waals surface area contributed by atoms with E-state index in [4.69, 9.17) is 20.9 Å². The molecule has 0 radical (unpaired) electrons. The molecule has 2 rings (SSSR count). The van der Waals surface area contributed by atoms with Crippen LogP contribution in [0, 0.1) is 0 Å². The highest BCUT2D eigenvalue weighted by Gasteiger charge is 2.16. The summed E-state index contributed by atoms with van der Waals surface area (Å²) in [5, 5.41) is 0. The van der Waals surface area contributed by atoms with Crippen molar-refractivity contribution in [3.8, 4) is 0 Å². The van der Waals surface area contributed by atoms with Crippen LogP contribution in [0.4, 0.5) is 0 Å². The summed E-state index contributed by atoms with van der Waals surface area (Å²) < 4.78 is 11.9. The van der Waals surface area contributed by atoms with E-state index in [1.807, 2.05) is 6.07 Å². The van der Waals surface area contributed by atoms with Gasteiger partial charge in [0.2, 0.25) is 5.69 Å². The summed E-state index contributed by atoms with van der Waals surface area (Å²) in [6.07, 6.45) is 1.69. The topological polar surface area (TPSA) is 52.8 Å². The lowest BCUT2D eigenvalue weighted by Gasteiger charge is -2.16. The lowest BCUT2D eigenvalue weighted by Crippen LogP contribution is -2.14. The molecule has 0 amide bonds. The van der Waals surface area contributed by atoms with E-state index in [0.717, 1.165) is 0 Å². The fraction of sp³-hybridized carbons (Fsp3) is 0.273. The van der Waals surface area contributed by atoms with Crippen molar-refractivity contribution in [3.05, 3.63) is 46.5 Å². The Hall–Kier alpha value is -0.720. The third-order valence-corrected chi connectivity index (χ3v) is 8.15. The monoisotopic (exact) mass is 316 g/mol. The Kier molecular flexibility index (Phi) is 4.76. The number of hydrogen-bond acceptors (Lipinski definition) is 6. The van der Waals surface area contributed by atoms with Gasteiger partial charge in [-0.25, -0.2) is 4.98 Å². The molecule has 19 heavy (non-hydrogen) atoms. The first kappa shape index (κ1) is 14.7. The molecule has 8 heteroatoms. The maximum atomic E-state index is 11.9. The highest BCUT2D eigenvalue weighted by Crippen LogP contribution is 2.60. The van der Waals surface area contributed by atoms with Crippen molar-refractivity contribution in [3.63, 3.8) is 0 Å². The second-order valence-corrected chi connectivity index (χ2v) is 10.1. The molecule has 2 aromatic rings. The highest BCUT2D eigenvalue weighted by atomic mass is 32.9. The molecule has 0 unspecified atom stereocenters. The van der Waals surface area contributed by atoms with Crippen molar-refractivity contribution in [2.24, 2.45) is 0 Å². The third kappa shape index (κ3) is 3.43. The van der Waals surface area contributed by atoms with E-state index in [0.29, 0.717) is 17.1 Å². The Morgan fingerprint density at radius 2 is 2.16 bits per heavy atom. The zero-order valence-corrected chi connectivity index (χ0v) is 13.0. The smallest absolute Gasteiger partial charge is 0.258 e. The first-order valence-corrected chi connectivity index (χ1v) is 9.64. The summed E-state index contributed by atoms with van der Waals surface area (Å²) in [4.78, 5) is 16.3. The van der Waals surface area contributed by atoms with Crippen LogP contribution in [0.2, 0.25) is 0 Å². The molecule has 0 aliphatic carbocycles. The van der Waals surface area contributed by atoms with Crippen LogP contribution in [-0.4, -0.2) is 23.6 Å². The molecule has 102 valence electrons. The minimum Gasteiger partial charge on any atom is -0.325 e. The van der Waals surface area contributed by atoms with E-state index in [-0.39, 0.29) is 5.56 Å². The number of fused-ring (bicyclic) bond motifs is 1. The van der Waals surface area contributed by atoms with Gasteiger partial charge in [-0.3, -0.25) is 9.20 Å². The Bertz CT molecular complexity index is 681. The molecule has 0 spiro atoms. The Morgan fingerprint density at radius 1 is 1.42 bits per heavy atom. The summed E-state index contributed by atoms with van der Waals surface area (Å²) in [6, 6.07) is 6.93. The molecule has 2 heterocycles. The summed E-state index contributed by atoms with van der Waals surface area (Å²) in [6.45, 7) is 0. The summed E-state index contributed by atoms with van der Waals surface area (Å²) in [7, 11) is 3.06. The minimum atomic E-state index is -2.32. The van der Waals surface area contributed by atoms with Crippen LogP contribution in [0.3, 0.4) is 0 Å². The predicted molar refractivity (Wildman–Crippen MR) is 81.1 cm³/mol. The summed E-state index contributed by atoms with van der Waals surface area (Å²) in [5.74, 6) is 0.486. The molecule has 0 bridgehead atoms. The van der Waals surface area contributed by atoms with E-state index in [9.17, 15) is 4.79 Å². The zero-order valence-electron chi connectivity index (χ0n) is 10.5. The standard InChI is InChI=1S/C11H13N2O3PS2/c1-15-17(18,16-2)19-8-9-7-11(14)13-6-4-3-5-10(13)12-9/h3-7H,8H2,1-2H3. The van der Waals surface area contributed by atoms with E-state index >= 15 is 0 Å². The van der Waals surface area contributed by atoms with E-state index < -0.39 is 5.69 Å². The van der Waals surface area contributed by atoms with Gasteiger partial charge in [0.1, 0.15) is 5.65 Å². The molecule has 5 nitrogen and oxygen atoms in total. The number of pyridine rings is 1. The van der Waals surface area contributed by atoms with Gasteiger partial charge in [-0.15, -0.1) is 0 Å². The van der Waals surface area contributed by atoms with Crippen LogP contribution in [0.15, 0.2) is 35.3 Å². The van der Waals surface area contributed by atoms with Crippen molar-refractivity contribution in [1.82, 2.24) is 9.38 Å². The van der Waals surface area contributed by atoms with Crippen molar-refractivity contribution in [2.45, 2.75) is 5.75 Å². The van der Waals surface area contributed by atoms with Crippen molar-refractivity contribution in [1.29, 1.82) is 0 Å². The quantitative estimate of drug-likeness (QED) is 0.790. The van der Waals surface area contributed by atoms with E-state index in [1.165, 1.54) is 36.1 Å². The molecule has 0 fully saturated rings. The van der Waals surface area contributed by atoms with Gasteiger partial charge in [0, 0.05) is 32.2 Å². The van der Waals surface area contributed by atoms with E-state index in [1.54, 1.807) is 18.3 Å². The molecule has 0 N–H and O–H groups in total. The van der Waals surface area contributed by atoms with E-state index in [2.05, 4.69) is 4.98 Å². The molecule has 0 saturated carbocycles. The largest absolute Gasteiger partial charge is 0.325 e. The zero-order chi connectivity index (χ0) is 13.9. The summed E-state index contributed by atoms with van der Waals surface area (Å²) >= 11 is 6.62. The lowest BCUT2D eigenvalue weighted by atomic mass is 10.4. The first-order valence-electron chi connectivity index (χ1n) is 5.41. The molecule has 2 aromatic heterocycles. The fourth-order valence-corrected chi connectivity index (χ4v) is 4.28. The van der Waals surface area contributed by atoms with Crippen LogP contribution in [0.25, 0.3) is 5.65 Å². The molecule has 0 aromatic carbocycles. The van der Waals surface area contributed by atoms with Crippen LogP contribution in [0.1, 0.15) is 5.69 Å². The van der Waals surface area contributed by atoms with Gasteiger partial charge in [0.05, 0.1) is 5.69 Å². The van der Waals surface area contributed by atoms with Crippen LogP contribution >= 0.6 is 17.1 Å². The summed E-state index contributed by atoms with van der Waals surface area (Å²) in [5.41, 5.74) is -1.14. The highest BCUT2D eigenvalue weighted by molar-refractivity contribution is 8.67. The maximum absolute atomic E-state index is 11.9. The van der Waals surface area contributed by atoms with Crippen molar-refractivity contribution < 1.29 is 9.05 Å². The molecular weight excluding hydrogens is 303 g/mol. The second kappa shape index (κ2) is 6.15. The number of rotatable bonds is 5. The average molecular weight is 316 g/mol.